The molecule has 3 aromatic rings. The van der Waals surface area contributed by atoms with Crippen molar-refractivity contribution in [1.82, 2.24) is 19.9 Å². The molecule has 11 nitrogen and oxygen atoms in total. The fraction of sp³-hybridized carbons (Fsp3) is 0.536. The summed E-state index contributed by atoms with van der Waals surface area (Å²) in [6.07, 6.45) is 4.28. The molecule has 0 atom stereocenters. The molecule has 0 aliphatic carbocycles. The van der Waals surface area contributed by atoms with Gasteiger partial charge in [0.15, 0.2) is 0 Å². The number of methoxy groups -OCH3 is 1. The normalized spacial score (nSPS) is 17.2. The zero-order chi connectivity index (χ0) is 29.4. The lowest BCUT2D eigenvalue weighted by Gasteiger charge is -2.37. The van der Waals surface area contributed by atoms with Crippen LogP contribution in [0.25, 0.3) is 22.2 Å². The van der Waals surface area contributed by atoms with E-state index in [0.717, 1.165) is 37.8 Å². The van der Waals surface area contributed by atoms with Crippen molar-refractivity contribution in [3.63, 3.8) is 0 Å². The summed E-state index contributed by atoms with van der Waals surface area (Å²) in [4.78, 5) is 18.4. The Labute approximate surface area is 251 Å². The number of rotatable bonds is 8. The van der Waals surface area contributed by atoms with Gasteiger partial charge < -0.3 is 19.5 Å². The monoisotopic (exact) mass is 624 g/mol. The summed E-state index contributed by atoms with van der Waals surface area (Å²) in [6, 6.07) is 4.52. The largest absolute Gasteiger partial charge is 0.480 e. The minimum Gasteiger partial charge on any atom is -0.480 e. The number of aromatic nitrogens is 3. The number of benzene rings is 1. The van der Waals surface area contributed by atoms with Crippen molar-refractivity contribution in [3.8, 4) is 17.1 Å². The number of piperidine rings is 1. The lowest BCUT2D eigenvalue weighted by atomic mass is 9.83. The fourth-order valence-corrected chi connectivity index (χ4v) is 6.10. The molecule has 2 N–H and O–H groups in total. The Morgan fingerprint density at radius 3 is 2.45 bits per heavy atom. The summed E-state index contributed by atoms with van der Waals surface area (Å²) in [6.45, 7) is 8.04. The summed E-state index contributed by atoms with van der Waals surface area (Å²) >= 11 is 0. The lowest BCUT2D eigenvalue weighted by Crippen LogP contribution is -2.41. The number of aliphatic hydroxyl groups is 1. The second-order valence-electron chi connectivity index (χ2n) is 11.3. The predicted octanol–water partition coefficient (Wildman–Crippen LogP) is 3.45. The molecule has 0 radical (unpaired) electrons. The van der Waals surface area contributed by atoms with Crippen LogP contribution in [0.3, 0.4) is 0 Å². The molecule has 4 heterocycles. The van der Waals surface area contributed by atoms with Gasteiger partial charge in [0.2, 0.25) is 21.9 Å². The van der Waals surface area contributed by atoms with Gasteiger partial charge in [0, 0.05) is 36.8 Å². The number of ether oxygens (including phenoxy) is 2. The summed E-state index contributed by atoms with van der Waals surface area (Å²) in [7, 11) is -2.22. The maximum atomic E-state index is 15.2. The Bertz CT molecular complexity index is 1520. The highest BCUT2D eigenvalue weighted by molar-refractivity contribution is 7.92. The molecular weight excluding hydrogens is 587 g/mol. The smallest absolute Gasteiger partial charge is 0.238 e. The molecule has 2 aliphatic rings. The highest BCUT2D eigenvalue weighted by atomic mass is 35.5. The third-order valence-electron chi connectivity index (χ3n) is 7.72. The number of hydrogen-bond acceptors (Lipinski definition) is 10. The van der Waals surface area contributed by atoms with E-state index in [1.54, 1.807) is 6.07 Å². The fourth-order valence-electron chi connectivity index (χ4n) is 5.55. The van der Waals surface area contributed by atoms with Gasteiger partial charge in [-0.1, -0.05) is 0 Å². The van der Waals surface area contributed by atoms with Crippen LogP contribution in [0.5, 0.6) is 5.88 Å². The van der Waals surface area contributed by atoms with Crippen molar-refractivity contribution in [3.05, 3.63) is 35.8 Å². The van der Waals surface area contributed by atoms with E-state index >= 15 is 4.39 Å². The van der Waals surface area contributed by atoms with Crippen LogP contribution in [0.1, 0.15) is 32.3 Å². The van der Waals surface area contributed by atoms with Crippen LogP contribution in [0.2, 0.25) is 0 Å². The predicted molar refractivity (Wildman–Crippen MR) is 162 cm³/mol. The second-order valence-corrected chi connectivity index (χ2v) is 13.0. The maximum Gasteiger partial charge on any atom is 0.238 e. The number of nitrogens with zero attached hydrogens (tertiary/aromatic N) is 5. The molecule has 14 heteroatoms. The van der Waals surface area contributed by atoms with Crippen molar-refractivity contribution >= 4 is 45.0 Å². The SMILES string of the molecule is COc1ncc(-c2nc(N3CCOCC3)nc3c(CN4CCC(C(C)(C)O)CC4)cc(F)cc23)cc1NS(C)(=O)=O.Cl. The summed E-state index contributed by atoms with van der Waals surface area (Å²) in [5.74, 6) is 0.381. The first kappa shape index (κ1) is 32.1. The van der Waals surface area contributed by atoms with E-state index in [4.69, 9.17) is 19.4 Å². The average molecular weight is 625 g/mol. The van der Waals surface area contributed by atoms with E-state index in [-0.39, 0.29) is 29.9 Å². The molecule has 42 heavy (non-hydrogen) atoms. The molecule has 0 amide bonds. The molecular formula is C28H38ClFN6O5S. The van der Waals surface area contributed by atoms with Crippen molar-refractivity contribution in [2.75, 3.05) is 62.4 Å². The van der Waals surface area contributed by atoms with Gasteiger partial charge in [0.25, 0.3) is 0 Å². The minimum atomic E-state index is -3.63. The van der Waals surface area contributed by atoms with Gasteiger partial charge in [-0.15, -0.1) is 12.4 Å². The highest BCUT2D eigenvalue weighted by Gasteiger charge is 2.31. The molecule has 0 saturated carbocycles. The number of fused-ring (bicyclic) bond motifs is 1. The van der Waals surface area contributed by atoms with E-state index < -0.39 is 21.4 Å². The topological polar surface area (TPSA) is 130 Å². The third-order valence-corrected chi connectivity index (χ3v) is 8.31. The minimum absolute atomic E-state index is 0. The summed E-state index contributed by atoms with van der Waals surface area (Å²) in [5.41, 5.74) is 1.70. The summed E-state index contributed by atoms with van der Waals surface area (Å²) in [5, 5.41) is 11.0. The number of hydrogen-bond donors (Lipinski definition) is 2. The van der Waals surface area contributed by atoms with Crippen molar-refractivity contribution in [2.45, 2.75) is 38.8 Å². The molecule has 1 aromatic carbocycles. The Kier molecular flexibility index (Phi) is 9.78. The Hall–Kier alpha value is -2.84. The molecule has 2 saturated heterocycles. The van der Waals surface area contributed by atoms with Gasteiger partial charge in [-0.3, -0.25) is 9.62 Å². The van der Waals surface area contributed by atoms with Crippen LogP contribution in [-0.4, -0.2) is 91.7 Å². The number of anilines is 2. The van der Waals surface area contributed by atoms with Crippen LogP contribution in [0.4, 0.5) is 16.0 Å². The van der Waals surface area contributed by atoms with Gasteiger partial charge in [0.05, 0.1) is 43.4 Å². The van der Waals surface area contributed by atoms with E-state index in [2.05, 4.69) is 14.6 Å². The Morgan fingerprint density at radius 1 is 1.14 bits per heavy atom. The van der Waals surface area contributed by atoms with Gasteiger partial charge >= 0.3 is 0 Å². The first-order chi connectivity index (χ1) is 19.4. The number of pyridine rings is 1. The van der Waals surface area contributed by atoms with Gasteiger partial charge in [-0.25, -0.2) is 27.8 Å². The number of nitrogens with one attached hydrogen (secondary N) is 1. The van der Waals surface area contributed by atoms with Crippen LogP contribution in [-0.2, 0) is 21.3 Å². The maximum absolute atomic E-state index is 15.2. The average Bonchev–Trinajstić information content (AvgIpc) is 2.92. The zero-order valence-electron chi connectivity index (χ0n) is 24.3. The van der Waals surface area contributed by atoms with Crippen LogP contribution in [0.15, 0.2) is 24.4 Å². The van der Waals surface area contributed by atoms with Crippen molar-refractivity contribution in [1.29, 1.82) is 0 Å². The van der Waals surface area contributed by atoms with E-state index in [1.807, 2.05) is 18.7 Å². The van der Waals surface area contributed by atoms with Crippen molar-refractivity contribution < 1.29 is 27.4 Å². The van der Waals surface area contributed by atoms with E-state index in [9.17, 15) is 13.5 Å². The number of morpholine rings is 1. The van der Waals surface area contributed by atoms with E-state index in [0.29, 0.717) is 61.0 Å². The number of halogens is 2. The zero-order valence-corrected chi connectivity index (χ0v) is 25.9. The number of sulfonamides is 1. The van der Waals surface area contributed by atoms with Crippen LogP contribution < -0.4 is 14.4 Å². The molecule has 2 aromatic heterocycles. The van der Waals surface area contributed by atoms with E-state index in [1.165, 1.54) is 25.4 Å². The molecule has 2 aliphatic heterocycles. The Morgan fingerprint density at radius 2 is 1.83 bits per heavy atom. The molecule has 5 rings (SSSR count). The second kappa shape index (κ2) is 12.8. The standard InChI is InChI=1S/C28H37FN6O5S.ClH/c1-28(2,36)20-5-7-34(8-6-20)17-19-13-21(29)15-22-24(31-27(32-25(19)22)35-9-11-40-12-10-35)18-14-23(33-41(4,37)38)26(39-3)30-16-18;/h13-16,20,33,36H,5-12,17H2,1-4H3;1H. The lowest BCUT2D eigenvalue weighted by molar-refractivity contribution is -0.0135. The van der Waals surface area contributed by atoms with Crippen molar-refractivity contribution in [2.24, 2.45) is 5.92 Å². The Balaban J connectivity index is 0.00000405. The molecule has 0 unspecified atom stereocenters. The van der Waals surface area contributed by atoms with Gasteiger partial charge in [-0.2, -0.15) is 0 Å². The molecule has 230 valence electrons. The highest BCUT2D eigenvalue weighted by Crippen LogP contribution is 2.35. The van der Waals surface area contributed by atoms with Crippen LogP contribution >= 0.6 is 12.4 Å². The van der Waals surface area contributed by atoms with Gasteiger partial charge in [-0.05, 0) is 69.5 Å². The summed E-state index contributed by atoms with van der Waals surface area (Å²) < 4.78 is 52.5. The van der Waals surface area contributed by atoms with Gasteiger partial charge in [0.1, 0.15) is 11.5 Å². The molecule has 0 bridgehead atoms. The third kappa shape index (κ3) is 7.38. The molecule has 2 fully saturated rings. The van der Waals surface area contributed by atoms with Crippen LogP contribution in [0, 0.1) is 11.7 Å². The molecule has 0 spiro atoms. The quantitative estimate of drug-likeness (QED) is 0.384. The first-order valence-electron chi connectivity index (χ1n) is 13.7. The number of likely N-dealkylation sites (tertiary alicyclic amines) is 1. The first-order valence-corrected chi connectivity index (χ1v) is 15.6.